The maximum Gasteiger partial charge on any atom is 0.253 e. The SMILES string of the molecule is CC(=O)Cc1ccc(Cc2cc(-c3c(F)cccc3F)nc3c2C(=O)NC3)nc1. The Balaban J connectivity index is 1.76. The van der Waals surface area contributed by atoms with Gasteiger partial charge >= 0.3 is 0 Å². The molecule has 1 aliphatic heterocycles. The second-order valence-electron chi connectivity index (χ2n) is 6.98. The van der Waals surface area contributed by atoms with Crippen LogP contribution in [-0.4, -0.2) is 21.7 Å². The quantitative estimate of drug-likeness (QED) is 0.721. The average molecular weight is 393 g/mol. The Kier molecular flexibility index (Phi) is 4.88. The minimum Gasteiger partial charge on any atom is -0.346 e. The predicted octanol–water partition coefficient (Wildman–Crippen LogP) is 3.39. The molecule has 5 nitrogen and oxygen atoms in total. The van der Waals surface area contributed by atoms with Gasteiger partial charge in [0.05, 0.1) is 29.1 Å². The van der Waals surface area contributed by atoms with Crippen molar-refractivity contribution in [1.82, 2.24) is 15.3 Å². The molecule has 0 spiro atoms. The molecule has 0 bridgehead atoms. The Morgan fingerprint density at radius 3 is 2.55 bits per heavy atom. The lowest BCUT2D eigenvalue weighted by Gasteiger charge is -2.11. The summed E-state index contributed by atoms with van der Waals surface area (Å²) in [5, 5.41) is 2.70. The number of pyridine rings is 2. The summed E-state index contributed by atoms with van der Waals surface area (Å²) < 4.78 is 28.5. The largest absolute Gasteiger partial charge is 0.346 e. The summed E-state index contributed by atoms with van der Waals surface area (Å²) in [6.07, 6.45) is 2.22. The van der Waals surface area contributed by atoms with Crippen LogP contribution >= 0.6 is 0 Å². The molecule has 4 rings (SSSR count). The molecule has 3 heterocycles. The van der Waals surface area contributed by atoms with Crippen LogP contribution in [0.1, 0.15) is 39.8 Å². The zero-order chi connectivity index (χ0) is 20.5. The first kappa shape index (κ1) is 18.9. The molecule has 0 unspecified atom stereocenters. The molecule has 29 heavy (non-hydrogen) atoms. The van der Waals surface area contributed by atoms with Crippen molar-refractivity contribution < 1.29 is 18.4 Å². The molecule has 1 amide bonds. The van der Waals surface area contributed by atoms with Crippen LogP contribution in [0.3, 0.4) is 0 Å². The Morgan fingerprint density at radius 2 is 1.90 bits per heavy atom. The lowest BCUT2D eigenvalue weighted by molar-refractivity contribution is -0.116. The van der Waals surface area contributed by atoms with Gasteiger partial charge in [0.25, 0.3) is 5.91 Å². The van der Waals surface area contributed by atoms with E-state index in [9.17, 15) is 18.4 Å². The molecule has 0 atom stereocenters. The van der Waals surface area contributed by atoms with Gasteiger partial charge in [-0.05, 0) is 42.3 Å². The monoisotopic (exact) mass is 393 g/mol. The zero-order valence-electron chi connectivity index (χ0n) is 15.6. The molecule has 1 aliphatic rings. The normalized spacial score (nSPS) is 12.6. The number of ketones is 1. The van der Waals surface area contributed by atoms with Gasteiger partial charge in [0.2, 0.25) is 0 Å². The highest BCUT2D eigenvalue weighted by molar-refractivity contribution is 5.99. The van der Waals surface area contributed by atoms with Crippen LogP contribution < -0.4 is 5.32 Å². The topological polar surface area (TPSA) is 72.0 Å². The minimum absolute atomic E-state index is 0.0414. The van der Waals surface area contributed by atoms with E-state index in [-0.39, 0.29) is 29.5 Å². The summed E-state index contributed by atoms with van der Waals surface area (Å²) in [6, 6.07) is 8.76. The fourth-order valence-corrected chi connectivity index (χ4v) is 3.47. The van der Waals surface area contributed by atoms with Crippen LogP contribution in [-0.2, 0) is 24.2 Å². The summed E-state index contributed by atoms with van der Waals surface area (Å²) in [5.41, 5.74) is 2.85. The van der Waals surface area contributed by atoms with Crippen LogP contribution in [0.15, 0.2) is 42.6 Å². The van der Waals surface area contributed by atoms with Gasteiger partial charge < -0.3 is 5.32 Å². The Labute approximate surface area is 165 Å². The van der Waals surface area contributed by atoms with Crippen molar-refractivity contribution in [1.29, 1.82) is 0 Å². The first-order chi connectivity index (χ1) is 13.9. The highest BCUT2D eigenvalue weighted by atomic mass is 19.1. The van der Waals surface area contributed by atoms with Crippen LogP contribution in [0.25, 0.3) is 11.3 Å². The summed E-state index contributed by atoms with van der Waals surface area (Å²) >= 11 is 0. The number of fused-ring (bicyclic) bond motifs is 1. The maximum atomic E-state index is 14.3. The molecule has 3 aromatic rings. The van der Waals surface area contributed by atoms with Gasteiger partial charge in [-0.1, -0.05) is 12.1 Å². The number of hydrogen-bond donors (Lipinski definition) is 1. The molecule has 2 aromatic heterocycles. The van der Waals surface area contributed by atoms with E-state index in [0.29, 0.717) is 35.4 Å². The molecule has 0 saturated heterocycles. The highest BCUT2D eigenvalue weighted by Gasteiger charge is 2.26. The third kappa shape index (κ3) is 3.76. The van der Waals surface area contributed by atoms with E-state index in [1.54, 1.807) is 12.3 Å². The van der Waals surface area contributed by atoms with Gasteiger partial charge in [-0.3, -0.25) is 14.6 Å². The molecule has 7 heteroatoms. The van der Waals surface area contributed by atoms with E-state index < -0.39 is 11.6 Å². The fraction of sp³-hybridized carbons (Fsp3) is 0.182. The standard InChI is InChI=1S/C22H17F2N3O2/c1-12(28)7-13-5-6-15(25-10-13)8-14-9-18(21-16(23)3-2-4-17(21)24)27-19-11-26-22(29)20(14)19/h2-6,9-10H,7-8,11H2,1H3,(H,26,29). The van der Waals surface area contributed by atoms with Crippen molar-refractivity contribution in [2.24, 2.45) is 0 Å². The van der Waals surface area contributed by atoms with Crippen molar-refractivity contribution in [3.8, 4) is 11.3 Å². The van der Waals surface area contributed by atoms with Gasteiger partial charge in [-0.15, -0.1) is 0 Å². The minimum atomic E-state index is -0.715. The van der Waals surface area contributed by atoms with E-state index in [1.807, 2.05) is 6.07 Å². The molecule has 1 N–H and O–H groups in total. The zero-order valence-corrected chi connectivity index (χ0v) is 15.6. The number of nitrogens with one attached hydrogen (secondary N) is 1. The van der Waals surface area contributed by atoms with Gasteiger partial charge in [0.15, 0.2) is 0 Å². The number of carbonyl (C=O) groups excluding carboxylic acids is 2. The number of benzene rings is 1. The third-order valence-electron chi connectivity index (χ3n) is 4.75. The lowest BCUT2D eigenvalue weighted by atomic mass is 9.98. The van der Waals surface area contributed by atoms with Gasteiger partial charge in [0.1, 0.15) is 17.4 Å². The smallest absolute Gasteiger partial charge is 0.253 e. The highest BCUT2D eigenvalue weighted by Crippen LogP contribution is 2.30. The third-order valence-corrected chi connectivity index (χ3v) is 4.75. The second kappa shape index (κ2) is 7.50. The van der Waals surface area contributed by atoms with Crippen molar-refractivity contribution in [2.75, 3.05) is 0 Å². The molecule has 0 saturated carbocycles. The Bertz CT molecular complexity index is 1110. The number of aromatic nitrogens is 2. The van der Waals surface area contributed by atoms with Gasteiger partial charge in [0, 0.05) is 24.7 Å². The first-order valence-electron chi connectivity index (χ1n) is 9.11. The number of Topliss-reactive ketones (excluding diaryl/α,β-unsaturated/α-hetero) is 1. The van der Waals surface area contributed by atoms with E-state index in [4.69, 9.17) is 0 Å². The summed E-state index contributed by atoms with van der Waals surface area (Å²) in [7, 11) is 0. The van der Waals surface area contributed by atoms with Crippen molar-refractivity contribution >= 4 is 11.7 Å². The Morgan fingerprint density at radius 1 is 1.14 bits per heavy atom. The van der Waals surface area contributed by atoms with Crippen molar-refractivity contribution in [3.63, 3.8) is 0 Å². The molecule has 146 valence electrons. The van der Waals surface area contributed by atoms with E-state index in [0.717, 1.165) is 5.56 Å². The number of rotatable bonds is 5. The molecular formula is C22H17F2N3O2. The number of nitrogens with zero attached hydrogens (tertiary/aromatic N) is 2. The molecular weight excluding hydrogens is 376 g/mol. The second-order valence-corrected chi connectivity index (χ2v) is 6.98. The van der Waals surface area contributed by atoms with E-state index in [1.165, 1.54) is 31.2 Å². The lowest BCUT2D eigenvalue weighted by Crippen LogP contribution is -2.14. The molecule has 0 fully saturated rings. The average Bonchev–Trinajstić information content (AvgIpc) is 3.04. The van der Waals surface area contributed by atoms with Crippen LogP contribution in [0.2, 0.25) is 0 Å². The fourth-order valence-electron chi connectivity index (χ4n) is 3.47. The van der Waals surface area contributed by atoms with Gasteiger partial charge in [-0.2, -0.15) is 0 Å². The molecule has 1 aromatic carbocycles. The summed E-state index contributed by atoms with van der Waals surface area (Å²) in [6.45, 7) is 1.71. The molecule has 0 radical (unpaired) electrons. The van der Waals surface area contributed by atoms with Crippen LogP contribution in [0, 0.1) is 11.6 Å². The number of carbonyl (C=O) groups is 2. The molecule has 0 aliphatic carbocycles. The Hall–Kier alpha value is -3.48. The van der Waals surface area contributed by atoms with Crippen molar-refractivity contribution in [2.45, 2.75) is 26.3 Å². The first-order valence-corrected chi connectivity index (χ1v) is 9.11. The summed E-state index contributed by atoms with van der Waals surface area (Å²) in [4.78, 5) is 32.2. The predicted molar refractivity (Wildman–Crippen MR) is 102 cm³/mol. The number of amides is 1. The number of hydrogen-bond acceptors (Lipinski definition) is 4. The van der Waals surface area contributed by atoms with E-state index >= 15 is 0 Å². The van der Waals surface area contributed by atoms with Crippen LogP contribution in [0.4, 0.5) is 8.78 Å². The van der Waals surface area contributed by atoms with Crippen molar-refractivity contribution in [3.05, 3.63) is 82.3 Å². The van der Waals surface area contributed by atoms with Crippen LogP contribution in [0.5, 0.6) is 0 Å². The van der Waals surface area contributed by atoms with E-state index in [2.05, 4.69) is 15.3 Å². The number of halogens is 2. The maximum absolute atomic E-state index is 14.3. The summed E-state index contributed by atoms with van der Waals surface area (Å²) in [5.74, 6) is -1.66. The van der Waals surface area contributed by atoms with Gasteiger partial charge in [-0.25, -0.2) is 13.8 Å².